The fourth-order valence-electron chi connectivity index (χ4n) is 1.86. The molecule has 0 radical (unpaired) electrons. The van der Waals surface area contributed by atoms with Crippen molar-refractivity contribution in [2.24, 2.45) is 11.5 Å². The lowest BCUT2D eigenvalue weighted by Crippen LogP contribution is -2.50. The van der Waals surface area contributed by atoms with Crippen LogP contribution in [0, 0.1) is 0 Å². The van der Waals surface area contributed by atoms with E-state index < -0.39 is 18.0 Å². The van der Waals surface area contributed by atoms with Crippen LogP contribution >= 0.6 is 0 Å². The predicted molar refractivity (Wildman–Crippen MR) is 65.2 cm³/mol. The number of carbonyl (C=O) groups is 3. The number of amides is 3. The van der Waals surface area contributed by atoms with Crippen molar-refractivity contribution in [2.75, 3.05) is 6.54 Å². The molecule has 1 rings (SSSR count). The number of hydrogen-bond acceptors (Lipinski definition) is 4. The Balaban J connectivity index is 2.42. The molecule has 2 atom stereocenters. The van der Waals surface area contributed by atoms with Crippen LogP contribution in [0.5, 0.6) is 0 Å². The third-order valence-corrected chi connectivity index (χ3v) is 2.92. The van der Waals surface area contributed by atoms with E-state index in [1.807, 2.05) is 0 Å². The first-order valence-corrected chi connectivity index (χ1v) is 6.13. The average molecular weight is 256 g/mol. The highest BCUT2D eigenvalue weighted by Gasteiger charge is 2.29. The Morgan fingerprint density at radius 3 is 2.67 bits per heavy atom. The Labute approximate surface area is 106 Å². The second-order valence-corrected chi connectivity index (χ2v) is 4.41. The van der Waals surface area contributed by atoms with Gasteiger partial charge in [0.15, 0.2) is 0 Å². The van der Waals surface area contributed by atoms with E-state index in [0.717, 1.165) is 12.8 Å². The van der Waals surface area contributed by atoms with Crippen LogP contribution in [-0.2, 0) is 14.4 Å². The average Bonchev–Trinajstić information content (AvgIpc) is 2.74. The first-order valence-electron chi connectivity index (χ1n) is 6.13. The van der Waals surface area contributed by atoms with E-state index in [0.29, 0.717) is 25.8 Å². The van der Waals surface area contributed by atoms with Crippen LogP contribution < -0.4 is 22.1 Å². The number of nitrogens with two attached hydrogens (primary N) is 2. The molecule has 1 saturated heterocycles. The molecule has 1 aliphatic rings. The molecule has 0 aromatic carbocycles. The van der Waals surface area contributed by atoms with Crippen molar-refractivity contribution in [3.05, 3.63) is 0 Å². The molecule has 6 N–H and O–H groups in total. The molecule has 0 spiro atoms. The van der Waals surface area contributed by atoms with Crippen molar-refractivity contribution in [3.8, 4) is 0 Å². The van der Waals surface area contributed by atoms with Crippen LogP contribution in [-0.4, -0.2) is 36.3 Å². The van der Waals surface area contributed by atoms with Crippen molar-refractivity contribution in [1.82, 2.24) is 10.6 Å². The van der Waals surface area contributed by atoms with Gasteiger partial charge in [0, 0.05) is 6.42 Å². The van der Waals surface area contributed by atoms with Gasteiger partial charge in [0.25, 0.3) is 0 Å². The highest BCUT2D eigenvalue weighted by Crippen LogP contribution is 2.08. The van der Waals surface area contributed by atoms with E-state index in [2.05, 4.69) is 10.6 Å². The molecule has 1 fully saturated rings. The zero-order valence-electron chi connectivity index (χ0n) is 10.3. The standard InChI is InChI=1S/C11H20N4O3/c12-6-2-1-3-7(10(13)17)15-11(18)8-4-5-9(16)14-8/h7-8H,1-6,12H2,(H2,13,17)(H,14,16)(H,15,18). The maximum Gasteiger partial charge on any atom is 0.243 e. The third kappa shape index (κ3) is 4.33. The number of nitrogens with one attached hydrogen (secondary N) is 2. The molecule has 0 bridgehead atoms. The Kier molecular flexibility index (Phi) is 5.57. The number of rotatable bonds is 7. The Morgan fingerprint density at radius 1 is 1.44 bits per heavy atom. The predicted octanol–water partition coefficient (Wildman–Crippen LogP) is -1.64. The fourth-order valence-corrected chi connectivity index (χ4v) is 1.86. The van der Waals surface area contributed by atoms with Crippen LogP contribution in [0.3, 0.4) is 0 Å². The highest BCUT2D eigenvalue weighted by molar-refractivity contribution is 5.93. The Bertz CT molecular complexity index is 332. The Morgan fingerprint density at radius 2 is 2.17 bits per heavy atom. The van der Waals surface area contributed by atoms with Gasteiger partial charge >= 0.3 is 0 Å². The van der Waals surface area contributed by atoms with Gasteiger partial charge in [-0.05, 0) is 32.2 Å². The van der Waals surface area contributed by atoms with E-state index in [1.165, 1.54) is 0 Å². The maximum atomic E-state index is 11.8. The zero-order valence-corrected chi connectivity index (χ0v) is 10.3. The summed E-state index contributed by atoms with van der Waals surface area (Å²) in [5.41, 5.74) is 10.6. The molecule has 0 aliphatic carbocycles. The lowest BCUT2D eigenvalue weighted by Gasteiger charge is -2.18. The summed E-state index contributed by atoms with van der Waals surface area (Å²) >= 11 is 0. The summed E-state index contributed by atoms with van der Waals surface area (Å²) in [7, 11) is 0. The molecule has 0 saturated carbocycles. The summed E-state index contributed by atoms with van der Waals surface area (Å²) in [5, 5.41) is 5.11. The molecule has 0 aromatic rings. The van der Waals surface area contributed by atoms with Gasteiger partial charge in [0.1, 0.15) is 12.1 Å². The lowest BCUT2D eigenvalue weighted by atomic mass is 10.1. The van der Waals surface area contributed by atoms with Crippen LogP contribution in [0.4, 0.5) is 0 Å². The van der Waals surface area contributed by atoms with Gasteiger partial charge in [-0.2, -0.15) is 0 Å². The van der Waals surface area contributed by atoms with Crippen molar-refractivity contribution in [3.63, 3.8) is 0 Å². The van der Waals surface area contributed by atoms with Crippen LogP contribution in [0.2, 0.25) is 0 Å². The molecule has 0 aromatic heterocycles. The molecule has 1 aliphatic heterocycles. The molecule has 18 heavy (non-hydrogen) atoms. The van der Waals surface area contributed by atoms with Gasteiger partial charge in [-0.15, -0.1) is 0 Å². The molecule has 3 amide bonds. The lowest BCUT2D eigenvalue weighted by molar-refractivity contribution is -0.129. The number of unbranched alkanes of at least 4 members (excludes halogenated alkanes) is 1. The summed E-state index contributed by atoms with van der Waals surface area (Å²) < 4.78 is 0. The van der Waals surface area contributed by atoms with Crippen LogP contribution in [0.15, 0.2) is 0 Å². The second kappa shape index (κ2) is 6.95. The molecule has 2 unspecified atom stereocenters. The first kappa shape index (κ1) is 14.4. The van der Waals surface area contributed by atoms with Gasteiger partial charge in [-0.25, -0.2) is 0 Å². The van der Waals surface area contributed by atoms with E-state index >= 15 is 0 Å². The second-order valence-electron chi connectivity index (χ2n) is 4.41. The molecule has 102 valence electrons. The van der Waals surface area contributed by atoms with Gasteiger partial charge in [-0.3, -0.25) is 14.4 Å². The van der Waals surface area contributed by atoms with E-state index in [4.69, 9.17) is 11.5 Å². The molecule has 7 heteroatoms. The monoisotopic (exact) mass is 256 g/mol. The largest absolute Gasteiger partial charge is 0.368 e. The third-order valence-electron chi connectivity index (χ3n) is 2.92. The van der Waals surface area contributed by atoms with Gasteiger partial charge < -0.3 is 22.1 Å². The van der Waals surface area contributed by atoms with Crippen LogP contribution in [0.1, 0.15) is 32.1 Å². The smallest absolute Gasteiger partial charge is 0.243 e. The fraction of sp³-hybridized carbons (Fsp3) is 0.727. The van der Waals surface area contributed by atoms with Gasteiger partial charge in [-0.1, -0.05) is 0 Å². The minimum atomic E-state index is -0.693. The SMILES string of the molecule is NCCCCC(NC(=O)C1CCC(=O)N1)C(N)=O. The van der Waals surface area contributed by atoms with Crippen molar-refractivity contribution in [1.29, 1.82) is 0 Å². The van der Waals surface area contributed by atoms with Crippen molar-refractivity contribution in [2.45, 2.75) is 44.2 Å². The zero-order chi connectivity index (χ0) is 13.5. The maximum absolute atomic E-state index is 11.8. The quantitative estimate of drug-likeness (QED) is 0.407. The summed E-state index contributed by atoms with van der Waals surface area (Å²) in [4.78, 5) is 34.0. The van der Waals surface area contributed by atoms with E-state index in [1.54, 1.807) is 0 Å². The topological polar surface area (TPSA) is 127 Å². The summed E-state index contributed by atoms with van der Waals surface area (Å²) in [6.45, 7) is 0.540. The highest BCUT2D eigenvalue weighted by atomic mass is 16.2. The van der Waals surface area contributed by atoms with E-state index in [-0.39, 0.29) is 11.8 Å². The summed E-state index contributed by atoms with van der Waals surface area (Å²) in [5.74, 6) is -1.06. The normalized spacial score (nSPS) is 20.3. The molecular weight excluding hydrogens is 236 g/mol. The summed E-state index contributed by atoms with van der Waals surface area (Å²) in [6.07, 6.45) is 2.77. The minimum absolute atomic E-state index is 0.145. The van der Waals surface area contributed by atoms with Crippen molar-refractivity contribution >= 4 is 17.7 Å². The minimum Gasteiger partial charge on any atom is -0.368 e. The van der Waals surface area contributed by atoms with Gasteiger partial charge in [0.05, 0.1) is 0 Å². The van der Waals surface area contributed by atoms with Crippen LogP contribution in [0.25, 0.3) is 0 Å². The molecule has 1 heterocycles. The van der Waals surface area contributed by atoms with Crippen molar-refractivity contribution < 1.29 is 14.4 Å². The molecular formula is C11H20N4O3. The number of primary amides is 1. The van der Waals surface area contributed by atoms with E-state index in [9.17, 15) is 14.4 Å². The Hall–Kier alpha value is -1.63. The first-order chi connectivity index (χ1) is 8.54. The van der Waals surface area contributed by atoms with Gasteiger partial charge in [0.2, 0.25) is 17.7 Å². The number of carbonyl (C=O) groups excluding carboxylic acids is 3. The number of hydrogen-bond donors (Lipinski definition) is 4. The summed E-state index contributed by atoms with van der Waals surface area (Å²) in [6, 6.07) is -1.24. The molecule has 7 nitrogen and oxygen atoms in total.